The van der Waals surface area contributed by atoms with Gasteiger partial charge in [0.2, 0.25) is 0 Å². The summed E-state index contributed by atoms with van der Waals surface area (Å²) in [5, 5.41) is 16.0. The number of halogens is 1. The number of nitrogens with one attached hydrogen (secondary N) is 1. The van der Waals surface area contributed by atoms with Gasteiger partial charge in [0.15, 0.2) is 0 Å². The van der Waals surface area contributed by atoms with Crippen molar-refractivity contribution < 1.29 is 5.11 Å². The number of aliphatic hydroxyl groups is 1. The summed E-state index contributed by atoms with van der Waals surface area (Å²) >= 11 is 3.20. The Labute approximate surface area is 102 Å². The van der Waals surface area contributed by atoms with Gasteiger partial charge in [-0.15, -0.1) is 6.58 Å². The van der Waals surface area contributed by atoms with Crippen molar-refractivity contribution in [3.8, 4) is 0 Å². The molecule has 0 bridgehead atoms. The summed E-state index contributed by atoms with van der Waals surface area (Å²) in [6.07, 6.45) is 2.66. The van der Waals surface area contributed by atoms with E-state index in [1.54, 1.807) is 13.0 Å². The largest absolute Gasteiger partial charge is 0.392 e. The van der Waals surface area contributed by atoms with Crippen molar-refractivity contribution in [3.05, 3.63) is 33.7 Å². The second-order valence-electron chi connectivity index (χ2n) is 3.38. The molecule has 0 aliphatic heterocycles. The fraction of sp³-hybridized carbons (Fsp3) is 0.400. The lowest BCUT2D eigenvalue weighted by Crippen LogP contribution is -2.25. The molecule has 1 rings (SSSR count). The maximum Gasteiger partial charge on any atom is 0.283 e. The van der Waals surface area contributed by atoms with Crippen LogP contribution in [0.1, 0.15) is 6.92 Å². The van der Waals surface area contributed by atoms with Gasteiger partial charge in [-0.25, -0.2) is 4.68 Å². The Bertz CT molecular complexity index is 429. The molecule has 0 spiro atoms. The van der Waals surface area contributed by atoms with Crippen LogP contribution >= 0.6 is 15.9 Å². The van der Waals surface area contributed by atoms with E-state index in [4.69, 9.17) is 5.11 Å². The van der Waals surface area contributed by atoms with E-state index in [-0.39, 0.29) is 5.56 Å². The molecule has 0 aromatic carbocycles. The third-order valence-electron chi connectivity index (χ3n) is 1.87. The van der Waals surface area contributed by atoms with Crippen LogP contribution in [0.4, 0.5) is 5.69 Å². The zero-order valence-electron chi connectivity index (χ0n) is 8.98. The Kier molecular flexibility index (Phi) is 4.70. The molecule has 5 nitrogen and oxygen atoms in total. The van der Waals surface area contributed by atoms with E-state index < -0.39 is 6.10 Å². The van der Waals surface area contributed by atoms with Gasteiger partial charge in [0.25, 0.3) is 5.56 Å². The number of aliphatic hydroxyl groups excluding tert-OH is 1. The molecule has 0 aliphatic carbocycles. The molecule has 0 radical (unpaired) electrons. The Morgan fingerprint density at radius 2 is 2.50 bits per heavy atom. The normalized spacial score (nSPS) is 12.2. The molecule has 0 saturated carbocycles. The molecule has 0 fully saturated rings. The standard InChI is InChI=1S/C10H14BrN3O2/c1-3-4-14-10(16)9(11)8(6-13-14)12-5-7(2)15/h3,6-7,12,15H,1,4-5H2,2H3. The van der Waals surface area contributed by atoms with Gasteiger partial charge in [0, 0.05) is 6.54 Å². The second kappa shape index (κ2) is 5.81. The first-order chi connectivity index (χ1) is 7.56. The first-order valence-electron chi connectivity index (χ1n) is 4.84. The third kappa shape index (κ3) is 3.18. The van der Waals surface area contributed by atoms with Gasteiger partial charge in [-0.05, 0) is 22.9 Å². The van der Waals surface area contributed by atoms with Gasteiger partial charge in [-0.2, -0.15) is 5.10 Å². The Hall–Kier alpha value is -1.14. The van der Waals surface area contributed by atoms with Gasteiger partial charge in [0.1, 0.15) is 4.47 Å². The van der Waals surface area contributed by atoms with E-state index in [2.05, 4.69) is 32.9 Å². The molecular weight excluding hydrogens is 274 g/mol. The smallest absolute Gasteiger partial charge is 0.283 e. The van der Waals surface area contributed by atoms with Crippen LogP contribution in [0.5, 0.6) is 0 Å². The van der Waals surface area contributed by atoms with Crippen LogP contribution in [-0.2, 0) is 6.54 Å². The molecule has 88 valence electrons. The number of nitrogens with zero attached hydrogens (tertiary/aromatic N) is 2. The fourth-order valence-electron chi connectivity index (χ4n) is 1.10. The highest BCUT2D eigenvalue weighted by Crippen LogP contribution is 2.15. The Morgan fingerprint density at radius 3 is 3.06 bits per heavy atom. The van der Waals surface area contributed by atoms with Crippen molar-refractivity contribution in [3.63, 3.8) is 0 Å². The lowest BCUT2D eigenvalue weighted by atomic mass is 10.4. The van der Waals surface area contributed by atoms with E-state index in [0.717, 1.165) is 0 Å². The molecule has 1 aromatic heterocycles. The fourth-order valence-corrected chi connectivity index (χ4v) is 1.55. The third-order valence-corrected chi connectivity index (χ3v) is 2.64. The van der Waals surface area contributed by atoms with Gasteiger partial charge in [0.05, 0.1) is 24.5 Å². The van der Waals surface area contributed by atoms with E-state index in [9.17, 15) is 4.79 Å². The van der Waals surface area contributed by atoms with E-state index in [0.29, 0.717) is 23.2 Å². The van der Waals surface area contributed by atoms with Crippen molar-refractivity contribution in [1.29, 1.82) is 0 Å². The predicted octanol–water partition coefficient (Wildman–Crippen LogP) is 0.984. The molecule has 2 N–H and O–H groups in total. The van der Waals surface area contributed by atoms with Crippen molar-refractivity contribution in [2.24, 2.45) is 0 Å². The van der Waals surface area contributed by atoms with Crippen LogP contribution in [0.2, 0.25) is 0 Å². The SMILES string of the molecule is C=CCn1ncc(NCC(C)O)c(Br)c1=O. The molecule has 0 aliphatic rings. The average molecular weight is 288 g/mol. The Morgan fingerprint density at radius 1 is 1.81 bits per heavy atom. The molecule has 1 aromatic rings. The molecule has 0 amide bonds. The van der Waals surface area contributed by atoms with Crippen molar-refractivity contribution in [1.82, 2.24) is 9.78 Å². The molecule has 1 atom stereocenters. The minimum absolute atomic E-state index is 0.226. The average Bonchev–Trinajstić information content (AvgIpc) is 2.24. The molecule has 1 heterocycles. The summed E-state index contributed by atoms with van der Waals surface area (Å²) in [4.78, 5) is 11.7. The topological polar surface area (TPSA) is 67.2 Å². The predicted molar refractivity (Wildman–Crippen MR) is 66.6 cm³/mol. The van der Waals surface area contributed by atoms with Gasteiger partial charge >= 0.3 is 0 Å². The molecule has 0 saturated heterocycles. The number of rotatable bonds is 5. The number of allylic oxidation sites excluding steroid dienone is 1. The number of aromatic nitrogens is 2. The zero-order chi connectivity index (χ0) is 12.1. The maximum absolute atomic E-state index is 11.7. The highest BCUT2D eigenvalue weighted by molar-refractivity contribution is 9.10. The highest BCUT2D eigenvalue weighted by atomic mass is 79.9. The van der Waals surface area contributed by atoms with Gasteiger partial charge in [-0.1, -0.05) is 6.08 Å². The summed E-state index contributed by atoms with van der Waals surface area (Å²) in [6, 6.07) is 0. The summed E-state index contributed by atoms with van der Waals surface area (Å²) in [6.45, 7) is 5.94. The summed E-state index contributed by atoms with van der Waals surface area (Å²) in [5.74, 6) is 0. The minimum atomic E-state index is -0.484. The monoisotopic (exact) mass is 287 g/mol. The first-order valence-corrected chi connectivity index (χ1v) is 5.64. The minimum Gasteiger partial charge on any atom is -0.392 e. The first kappa shape index (κ1) is 12.9. The lowest BCUT2D eigenvalue weighted by Gasteiger charge is -2.10. The van der Waals surface area contributed by atoms with Gasteiger partial charge in [-0.3, -0.25) is 4.79 Å². The van der Waals surface area contributed by atoms with Crippen LogP contribution in [0, 0.1) is 0 Å². The van der Waals surface area contributed by atoms with Crippen molar-refractivity contribution >= 4 is 21.6 Å². The van der Waals surface area contributed by atoms with Crippen LogP contribution in [0.25, 0.3) is 0 Å². The van der Waals surface area contributed by atoms with E-state index in [1.165, 1.54) is 10.9 Å². The molecule has 16 heavy (non-hydrogen) atoms. The maximum atomic E-state index is 11.7. The summed E-state index contributed by atoms with van der Waals surface area (Å²) in [7, 11) is 0. The molecular formula is C10H14BrN3O2. The molecule has 1 unspecified atom stereocenters. The van der Waals surface area contributed by atoms with E-state index >= 15 is 0 Å². The van der Waals surface area contributed by atoms with Crippen LogP contribution in [-0.4, -0.2) is 27.5 Å². The summed E-state index contributed by atoms with van der Waals surface area (Å²) in [5.41, 5.74) is 0.349. The van der Waals surface area contributed by atoms with Crippen molar-refractivity contribution in [2.45, 2.75) is 19.6 Å². The number of hydrogen-bond donors (Lipinski definition) is 2. The van der Waals surface area contributed by atoms with Crippen LogP contribution in [0.3, 0.4) is 0 Å². The highest BCUT2D eigenvalue weighted by Gasteiger charge is 2.08. The number of hydrogen-bond acceptors (Lipinski definition) is 4. The van der Waals surface area contributed by atoms with Gasteiger partial charge < -0.3 is 10.4 Å². The second-order valence-corrected chi connectivity index (χ2v) is 4.17. The zero-order valence-corrected chi connectivity index (χ0v) is 10.6. The number of anilines is 1. The lowest BCUT2D eigenvalue weighted by molar-refractivity contribution is 0.208. The van der Waals surface area contributed by atoms with Crippen LogP contribution in [0.15, 0.2) is 28.1 Å². The van der Waals surface area contributed by atoms with Crippen LogP contribution < -0.4 is 10.9 Å². The Balaban J connectivity index is 2.93. The molecule has 6 heteroatoms. The quantitative estimate of drug-likeness (QED) is 0.793. The summed E-state index contributed by atoms with van der Waals surface area (Å²) < 4.78 is 1.70. The van der Waals surface area contributed by atoms with Crippen molar-refractivity contribution in [2.75, 3.05) is 11.9 Å². The van der Waals surface area contributed by atoms with E-state index in [1.807, 2.05) is 0 Å².